The van der Waals surface area contributed by atoms with Gasteiger partial charge in [-0.25, -0.2) is 15.0 Å². The van der Waals surface area contributed by atoms with Crippen molar-refractivity contribution >= 4 is 11.8 Å². The molecule has 28 heavy (non-hydrogen) atoms. The first-order valence-corrected chi connectivity index (χ1v) is 8.68. The number of rotatable bonds is 5. The summed E-state index contributed by atoms with van der Waals surface area (Å²) in [7, 11) is 0. The number of nitrogens with one attached hydrogen (secondary N) is 2. The van der Waals surface area contributed by atoms with Crippen molar-refractivity contribution in [1.29, 1.82) is 5.26 Å². The number of hydrogen-bond acceptors (Lipinski definition) is 8. The number of aliphatic hydroxyl groups excluding tert-OH is 1. The largest absolute Gasteiger partial charge is 0.433 e. The van der Waals surface area contributed by atoms with Crippen LogP contribution in [0.25, 0.3) is 0 Å². The Hall–Kier alpha value is -3.00. The molecule has 1 fully saturated rings. The highest BCUT2D eigenvalue weighted by Crippen LogP contribution is 2.30. The minimum atomic E-state index is -4.59. The Kier molecular flexibility index (Phi) is 5.89. The van der Waals surface area contributed by atoms with Gasteiger partial charge in [-0.15, -0.1) is 0 Å². The molecule has 0 saturated heterocycles. The lowest BCUT2D eigenvalue weighted by atomic mass is 9.93. The SMILES string of the molecule is N#Cc1cnc(NCc2cncnc2C(F)(F)F)nc1NC1CCC(O)CC1. The second-order valence-corrected chi connectivity index (χ2v) is 6.47. The molecule has 0 atom stereocenters. The summed E-state index contributed by atoms with van der Waals surface area (Å²) < 4.78 is 39.0. The molecule has 148 valence electrons. The Morgan fingerprint density at radius 3 is 2.61 bits per heavy atom. The fourth-order valence-electron chi connectivity index (χ4n) is 2.99. The van der Waals surface area contributed by atoms with Gasteiger partial charge in [0.2, 0.25) is 5.95 Å². The van der Waals surface area contributed by atoms with E-state index in [9.17, 15) is 23.5 Å². The third kappa shape index (κ3) is 4.83. The van der Waals surface area contributed by atoms with Gasteiger partial charge in [-0.05, 0) is 25.7 Å². The first-order chi connectivity index (χ1) is 13.4. The molecule has 2 heterocycles. The summed E-state index contributed by atoms with van der Waals surface area (Å²) in [4.78, 5) is 15.1. The lowest BCUT2D eigenvalue weighted by Crippen LogP contribution is -2.29. The van der Waals surface area contributed by atoms with Gasteiger partial charge in [0.1, 0.15) is 23.8 Å². The Bertz CT molecular complexity index is 861. The van der Waals surface area contributed by atoms with E-state index in [-0.39, 0.29) is 35.8 Å². The fraction of sp³-hybridized carbons (Fsp3) is 0.471. The van der Waals surface area contributed by atoms with Crippen LogP contribution in [-0.4, -0.2) is 37.2 Å². The quantitative estimate of drug-likeness (QED) is 0.709. The molecule has 8 nitrogen and oxygen atoms in total. The van der Waals surface area contributed by atoms with E-state index in [1.807, 2.05) is 6.07 Å². The lowest BCUT2D eigenvalue weighted by molar-refractivity contribution is -0.141. The molecule has 0 unspecified atom stereocenters. The van der Waals surface area contributed by atoms with E-state index >= 15 is 0 Å². The third-order valence-electron chi connectivity index (χ3n) is 4.44. The molecule has 0 aliphatic heterocycles. The summed E-state index contributed by atoms with van der Waals surface area (Å²) in [6, 6.07) is 2.04. The normalized spacial score (nSPS) is 19.7. The van der Waals surface area contributed by atoms with Crippen LogP contribution in [0.5, 0.6) is 0 Å². The zero-order valence-corrected chi connectivity index (χ0v) is 14.7. The number of aliphatic hydroxyl groups is 1. The minimum Gasteiger partial charge on any atom is -0.393 e. The molecular formula is C17H18F3N7O. The second-order valence-electron chi connectivity index (χ2n) is 6.47. The maximum Gasteiger partial charge on any atom is 0.433 e. The van der Waals surface area contributed by atoms with E-state index in [1.165, 1.54) is 6.20 Å². The first kappa shape index (κ1) is 19.8. The van der Waals surface area contributed by atoms with Gasteiger partial charge in [-0.3, -0.25) is 0 Å². The van der Waals surface area contributed by atoms with Gasteiger partial charge < -0.3 is 15.7 Å². The van der Waals surface area contributed by atoms with Gasteiger partial charge in [0.15, 0.2) is 5.69 Å². The van der Waals surface area contributed by atoms with E-state index < -0.39 is 11.9 Å². The van der Waals surface area contributed by atoms with Crippen molar-refractivity contribution in [1.82, 2.24) is 19.9 Å². The van der Waals surface area contributed by atoms with Crippen LogP contribution in [0.15, 0.2) is 18.7 Å². The van der Waals surface area contributed by atoms with Crippen molar-refractivity contribution in [2.45, 2.75) is 50.6 Å². The molecule has 0 amide bonds. The highest BCUT2D eigenvalue weighted by atomic mass is 19.4. The molecule has 0 aromatic carbocycles. The molecule has 11 heteroatoms. The molecule has 1 aliphatic carbocycles. The van der Waals surface area contributed by atoms with E-state index in [4.69, 9.17) is 0 Å². The van der Waals surface area contributed by atoms with E-state index in [1.54, 1.807) is 0 Å². The van der Waals surface area contributed by atoms with Gasteiger partial charge in [0.25, 0.3) is 0 Å². The van der Waals surface area contributed by atoms with Crippen LogP contribution in [0.3, 0.4) is 0 Å². The smallest absolute Gasteiger partial charge is 0.393 e. The van der Waals surface area contributed by atoms with Crippen molar-refractivity contribution in [2.24, 2.45) is 0 Å². The number of halogens is 3. The molecule has 2 aromatic heterocycles. The number of aromatic nitrogens is 4. The molecule has 3 rings (SSSR count). The van der Waals surface area contributed by atoms with Crippen molar-refractivity contribution in [3.05, 3.63) is 35.5 Å². The van der Waals surface area contributed by atoms with Gasteiger partial charge in [0, 0.05) is 24.3 Å². The summed E-state index contributed by atoms with van der Waals surface area (Å²) in [5.41, 5.74) is -0.933. The Balaban J connectivity index is 1.73. The molecule has 0 spiro atoms. The lowest BCUT2D eigenvalue weighted by Gasteiger charge is -2.26. The van der Waals surface area contributed by atoms with Gasteiger partial charge in [-0.1, -0.05) is 0 Å². The molecule has 1 saturated carbocycles. The number of anilines is 2. The monoisotopic (exact) mass is 393 g/mol. The zero-order valence-electron chi connectivity index (χ0n) is 14.7. The maximum absolute atomic E-state index is 13.0. The minimum absolute atomic E-state index is 0.0533. The fourth-order valence-corrected chi connectivity index (χ4v) is 2.99. The molecule has 1 aliphatic rings. The van der Waals surface area contributed by atoms with Crippen molar-refractivity contribution < 1.29 is 18.3 Å². The predicted molar refractivity (Wildman–Crippen MR) is 93.0 cm³/mol. The Morgan fingerprint density at radius 2 is 1.93 bits per heavy atom. The van der Waals surface area contributed by atoms with Crippen LogP contribution in [0, 0.1) is 11.3 Å². The van der Waals surface area contributed by atoms with Crippen molar-refractivity contribution in [3.8, 4) is 6.07 Å². The topological polar surface area (TPSA) is 120 Å². The summed E-state index contributed by atoms with van der Waals surface area (Å²) >= 11 is 0. The van der Waals surface area contributed by atoms with Crippen LogP contribution >= 0.6 is 0 Å². The van der Waals surface area contributed by atoms with Crippen LogP contribution in [0.2, 0.25) is 0 Å². The molecular weight excluding hydrogens is 375 g/mol. The van der Waals surface area contributed by atoms with Crippen LogP contribution in [0.1, 0.15) is 42.5 Å². The average molecular weight is 393 g/mol. The molecule has 0 bridgehead atoms. The van der Waals surface area contributed by atoms with Crippen LogP contribution in [-0.2, 0) is 12.7 Å². The average Bonchev–Trinajstić information content (AvgIpc) is 2.68. The summed E-state index contributed by atoms with van der Waals surface area (Å²) in [5.74, 6) is 0.385. The number of nitriles is 1. The molecule has 2 aromatic rings. The molecule has 0 radical (unpaired) electrons. The van der Waals surface area contributed by atoms with Gasteiger partial charge in [0.05, 0.1) is 12.3 Å². The zero-order chi connectivity index (χ0) is 20.1. The highest BCUT2D eigenvalue weighted by molar-refractivity contribution is 5.54. The van der Waals surface area contributed by atoms with Crippen molar-refractivity contribution in [3.63, 3.8) is 0 Å². The number of hydrogen-bond donors (Lipinski definition) is 3. The number of alkyl halides is 3. The predicted octanol–water partition coefficient (Wildman–Crippen LogP) is 2.48. The standard InChI is InChI=1S/C17H18F3N7O/c18-17(19,20)14-11(6-22-9-25-14)8-24-16-23-7-10(5-21)15(27-16)26-12-1-3-13(28)4-2-12/h6-7,9,12-13,28H,1-4,8H2,(H2,23,24,26,27). The summed E-state index contributed by atoms with van der Waals surface area (Å²) in [6.45, 7) is -0.226. The molecule has 3 N–H and O–H groups in total. The van der Waals surface area contributed by atoms with E-state index in [0.29, 0.717) is 18.7 Å². The Morgan fingerprint density at radius 1 is 1.18 bits per heavy atom. The van der Waals surface area contributed by atoms with Crippen LogP contribution in [0.4, 0.5) is 24.9 Å². The highest BCUT2D eigenvalue weighted by Gasteiger charge is 2.35. The second kappa shape index (κ2) is 8.35. The summed E-state index contributed by atoms with van der Waals surface area (Å²) in [5, 5.41) is 24.7. The third-order valence-corrected chi connectivity index (χ3v) is 4.44. The van der Waals surface area contributed by atoms with E-state index in [0.717, 1.165) is 25.4 Å². The van der Waals surface area contributed by atoms with Gasteiger partial charge in [-0.2, -0.15) is 23.4 Å². The number of nitrogens with zero attached hydrogens (tertiary/aromatic N) is 5. The van der Waals surface area contributed by atoms with E-state index in [2.05, 4.69) is 30.6 Å². The summed E-state index contributed by atoms with van der Waals surface area (Å²) in [6.07, 6.45) is 1.10. The van der Waals surface area contributed by atoms with Crippen LogP contribution < -0.4 is 10.6 Å². The van der Waals surface area contributed by atoms with Crippen molar-refractivity contribution in [2.75, 3.05) is 10.6 Å². The maximum atomic E-state index is 13.0. The first-order valence-electron chi connectivity index (χ1n) is 8.68. The van der Waals surface area contributed by atoms with Gasteiger partial charge >= 0.3 is 6.18 Å². The Labute approximate surface area is 158 Å².